The SMILES string of the molecule is CC(CNC(=O)C1=NN(C2CCS(=O)(=O)C2)C(=O)CC1)(c1ccccc1)c1ccccc1. The number of rotatable bonds is 6. The molecule has 2 heterocycles. The van der Waals surface area contributed by atoms with Gasteiger partial charge in [0.25, 0.3) is 5.91 Å². The van der Waals surface area contributed by atoms with Gasteiger partial charge in [-0.15, -0.1) is 0 Å². The zero-order chi connectivity index (χ0) is 22.8. The van der Waals surface area contributed by atoms with E-state index in [0.717, 1.165) is 11.1 Å². The summed E-state index contributed by atoms with van der Waals surface area (Å²) < 4.78 is 23.6. The normalized spacial score (nSPS) is 20.7. The van der Waals surface area contributed by atoms with E-state index in [9.17, 15) is 18.0 Å². The number of hydrogen-bond acceptors (Lipinski definition) is 5. The second kappa shape index (κ2) is 8.86. The monoisotopic (exact) mass is 453 g/mol. The van der Waals surface area contributed by atoms with Crippen LogP contribution in [0.2, 0.25) is 0 Å². The minimum atomic E-state index is -3.16. The molecule has 0 bridgehead atoms. The molecule has 1 saturated heterocycles. The van der Waals surface area contributed by atoms with Crippen LogP contribution in [0.15, 0.2) is 65.8 Å². The highest BCUT2D eigenvalue weighted by atomic mass is 32.2. The van der Waals surface area contributed by atoms with E-state index in [4.69, 9.17) is 0 Å². The largest absolute Gasteiger partial charge is 0.350 e. The second-order valence-corrected chi connectivity index (χ2v) is 10.8. The maximum Gasteiger partial charge on any atom is 0.267 e. The molecule has 32 heavy (non-hydrogen) atoms. The molecule has 2 aromatic carbocycles. The van der Waals surface area contributed by atoms with Crippen LogP contribution in [-0.2, 0) is 24.8 Å². The maximum absolute atomic E-state index is 13.0. The van der Waals surface area contributed by atoms with Crippen molar-refractivity contribution in [2.75, 3.05) is 18.1 Å². The predicted octanol–water partition coefficient (Wildman–Crippen LogP) is 2.27. The Labute approximate surface area is 188 Å². The van der Waals surface area contributed by atoms with Crippen LogP contribution < -0.4 is 5.32 Å². The van der Waals surface area contributed by atoms with Crippen LogP contribution in [0, 0.1) is 0 Å². The van der Waals surface area contributed by atoms with E-state index in [2.05, 4.69) is 17.3 Å². The zero-order valence-electron chi connectivity index (χ0n) is 18.0. The second-order valence-electron chi connectivity index (χ2n) is 8.59. The van der Waals surface area contributed by atoms with Gasteiger partial charge in [0.1, 0.15) is 5.71 Å². The Morgan fingerprint density at radius 3 is 2.19 bits per heavy atom. The van der Waals surface area contributed by atoms with E-state index in [1.165, 1.54) is 5.01 Å². The molecule has 2 aliphatic rings. The lowest BCUT2D eigenvalue weighted by Gasteiger charge is -2.32. The summed E-state index contributed by atoms with van der Waals surface area (Å²) in [7, 11) is -3.16. The smallest absolute Gasteiger partial charge is 0.267 e. The average Bonchev–Trinajstić information content (AvgIpc) is 3.18. The molecule has 2 aromatic rings. The van der Waals surface area contributed by atoms with Crippen molar-refractivity contribution in [3.8, 4) is 0 Å². The molecule has 1 atom stereocenters. The number of sulfone groups is 1. The van der Waals surface area contributed by atoms with Crippen molar-refractivity contribution in [3.05, 3.63) is 71.8 Å². The molecule has 1 unspecified atom stereocenters. The Bertz CT molecular complexity index is 1090. The fourth-order valence-corrected chi connectivity index (χ4v) is 6.02. The molecule has 4 rings (SSSR count). The highest BCUT2D eigenvalue weighted by Gasteiger charge is 2.37. The number of hydrazone groups is 1. The van der Waals surface area contributed by atoms with Crippen molar-refractivity contribution in [2.45, 2.75) is 37.6 Å². The summed E-state index contributed by atoms with van der Waals surface area (Å²) >= 11 is 0. The first kappa shape index (κ1) is 22.2. The molecule has 168 valence electrons. The molecule has 1 N–H and O–H groups in total. The van der Waals surface area contributed by atoms with Crippen molar-refractivity contribution < 1.29 is 18.0 Å². The molecule has 2 aliphatic heterocycles. The number of nitrogens with zero attached hydrogens (tertiary/aromatic N) is 2. The van der Waals surface area contributed by atoms with E-state index >= 15 is 0 Å². The van der Waals surface area contributed by atoms with Gasteiger partial charge >= 0.3 is 0 Å². The number of amides is 2. The van der Waals surface area contributed by atoms with Crippen molar-refractivity contribution >= 4 is 27.4 Å². The van der Waals surface area contributed by atoms with Gasteiger partial charge in [0.05, 0.1) is 17.5 Å². The van der Waals surface area contributed by atoms with E-state index in [1.54, 1.807) is 0 Å². The highest BCUT2D eigenvalue weighted by Crippen LogP contribution is 2.31. The minimum absolute atomic E-state index is 0.0466. The van der Waals surface area contributed by atoms with E-state index in [-0.39, 0.29) is 41.9 Å². The highest BCUT2D eigenvalue weighted by molar-refractivity contribution is 7.91. The molecule has 2 amide bonds. The first-order chi connectivity index (χ1) is 15.3. The van der Waals surface area contributed by atoms with Crippen molar-refractivity contribution in [1.29, 1.82) is 0 Å². The van der Waals surface area contributed by atoms with Gasteiger partial charge in [0.15, 0.2) is 9.84 Å². The number of hydrogen-bond donors (Lipinski definition) is 1. The fraction of sp³-hybridized carbons (Fsp3) is 0.375. The molecule has 8 heteroatoms. The summed E-state index contributed by atoms with van der Waals surface area (Å²) in [6, 6.07) is 19.5. The van der Waals surface area contributed by atoms with Gasteiger partial charge in [-0.3, -0.25) is 9.59 Å². The molecular formula is C24H27N3O4S. The molecule has 7 nitrogen and oxygen atoms in total. The molecule has 0 aliphatic carbocycles. The van der Waals surface area contributed by atoms with Crippen molar-refractivity contribution in [3.63, 3.8) is 0 Å². The van der Waals surface area contributed by atoms with Crippen LogP contribution in [0.3, 0.4) is 0 Å². The summed E-state index contributed by atoms with van der Waals surface area (Å²) in [6.07, 6.45) is 0.748. The van der Waals surface area contributed by atoms with Gasteiger partial charge in [-0.2, -0.15) is 5.10 Å². The molecule has 1 fully saturated rings. The molecule has 0 radical (unpaired) electrons. The van der Waals surface area contributed by atoms with Crippen LogP contribution in [0.5, 0.6) is 0 Å². The Hall–Kier alpha value is -3.00. The van der Waals surface area contributed by atoms with Gasteiger partial charge in [0, 0.05) is 24.8 Å². The fourth-order valence-electron chi connectivity index (χ4n) is 4.33. The average molecular weight is 454 g/mol. The van der Waals surface area contributed by atoms with E-state index in [1.807, 2.05) is 60.7 Å². The number of carbonyl (C=O) groups is 2. The lowest BCUT2D eigenvalue weighted by atomic mass is 9.76. The molecule has 0 saturated carbocycles. The topological polar surface area (TPSA) is 95.9 Å². The molecular weight excluding hydrogens is 426 g/mol. The van der Waals surface area contributed by atoms with Crippen molar-refractivity contribution in [2.24, 2.45) is 5.10 Å². The van der Waals surface area contributed by atoms with E-state index < -0.39 is 21.3 Å². The van der Waals surface area contributed by atoms with Crippen LogP contribution >= 0.6 is 0 Å². The quantitative estimate of drug-likeness (QED) is 0.726. The lowest BCUT2D eigenvalue weighted by molar-refractivity contribution is -0.133. The molecule has 0 spiro atoms. The van der Waals surface area contributed by atoms with Gasteiger partial charge in [-0.1, -0.05) is 60.7 Å². The summed E-state index contributed by atoms with van der Waals surface area (Å²) in [4.78, 5) is 25.3. The van der Waals surface area contributed by atoms with Crippen LogP contribution in [0.1, 0.15) is 37.3 Å². The zero-order valence-corrected chi connectivity index (χ0v) is 18.8. The number of nitrogens with one attached hydrogen (secondary N) is 1. The first-order valence-corrected chi connectivity index (χ1v) is 12.6. The predicted molar refractivity (Wildman–Crippen MR) is 123 cm³/mol. The Kier molecular flexibility index (Phi) is 6.15. The van der Waals surface area contributed by atoms with Gasteiger partial charge < -0.3 is 5.32 Å². The van der Waals surface area contributed by atoms with Crippen LogP contribution in [0.4, 0.5) is 0 Å². The van der Waals surface area contributed by atoms with Gasteiger partial charge in [-0.05, 0) is 24.5 Å². The van der Waals surface area contributed by atoms with Crippen LogP contribution in [-0.4, -0.2) is 55.0 Å². The maximum atomic E-state index is 13.0. The van der Waals surface area contributed by atoms with Crippen LogP contribution in [0.25, 0.3) is 0 Å². The Morgan fingerprint density at radius 1 is 1.06 bits per heavy atom. The summed E-state index contributed by atoms with van der Waals surface area (Å²) in [5, 5.41) is 8.51. The Morgan fingerprint density at radius 2 is 1.66 bits per heavy atom. The third kappa shape index (κ3) is 4.60. The number of benzene rings is 2. The van der Waals surface area contributed by atoms with Gasteiger partial charge in [-0.25, -0.2) is 13.4 Å². The third-order valence-electron chi connectivity index (χ3n) is 6.30. The molecule has 0 aromatic heterocycles. The summed E-state index contributed by atoms with van der Waals surface area (Å²) in [5.41, 5.74) is 1.95. The summed E-state index contributed by atoms with van der Waals surface area (Å²) in [5.74, 6) is -0.620. The van der Waals surface area contributed by atoms with Crippen molar-refractivity contribution in [1.82, 2.24) is 10.3 Å². The number of carbonyl (C=O) groups excluding carboxylic acids is 2. The third-order valence-corrected chi connectivity index (χ3v) is 8.05. The van der Waals surface area contributed by atoms with Gasteiger partial charge in [0.2, 0.25) is 5.91 Å². The lowest BCUT2D eigenvalue weighted by Crippen LogP contribution is -2.46. The summed E-state index contributed by atoms with van der Waals surface area (Å²) in [6.45, 7) is 2.43. The first-order valence-electron chi connectivity index (χ1n) is 10.8. The minimum Gasteiger partial charge on any atom is -0.350 e. The standard InChI is InChI=1S/C24H27N3O4S/c1-24(18-8-4-2-5-9-18,19-10-6-3-7-11-19)17-25-23(29)21-12-13-22(28)27(26-21)20-14-15-32(30,31)16-20/h2-11,20H,12-17H2,1H3,(H,25,29). The Balaban J connectivity index is 1.53. The van der Waals surface area contributed by atoms with E-state index in [0.29, 0.717) is 13.0 Å².